The Morgan fingerprint density at radius 2 is 1.93 bits per heavy atom. The Morgan fingerprint density at radius 1 is 1.17 bits per heavy atom. The molecule has 1 aromatic heterocycles. The second kappa shape index (κ2) is 11.9. The maximum atomic E-state index is 14.3. The highest BCUT2D eigenvalue weighted by Gasteiger charge is 2.55. The molecule has 0 radical (unpaired) electrons. The maximum Gasteiger partial charge on any atom is 0.413 e. The Kier molecular flexibility index (Phi) is 8.50. The second-order valence-corrected chi connectivity index (χ2v) is 12.5. The van der Waals surface area contributed by atoms with Gasteiger partial charge in [-0.3, -0.25) is 14.5 Å². The maximum absolute atomic E-state index is 14.3. The van der Waals surface area contributed by atoms with E-state index < -0.39 is 41.4 Å². The Balaban J connectivity index is 1.48. The molecule has 0 spiro atoms. The molecule has 1 saturated heterocycles. The Morgan fingerprint density at radius 3 is 2.60 bits per heavy atom. The first-order chi connectivity index (χ1) is 20.0. The Bertz CT molecular complexity index is 1320. The van der Waals surface area contributed by atoms with Gasteiger partial charge in [0.15, 0.2) is 6.10 Å². The first-order valence-electron chi connectivity index (χ1n) is 15.0. The molecule has 42 heavy (non-hydrogen) atoms. The molecule has 3 N–H and O–H groups in total. The molecule has 3 atom stereocenters. The van der Waals surface area contributed by atoms with Crippen LogP contribution in [0.25, 0.3) is 10.8 Å². The van der Waals surface area contributed by atoms with Crippen LogP contribution in [0.1, 0.15) is 72.6 Å². The number of benzene rings is 1. The highest BCUT2D eigenvalue weighted by Crippen LogP contribution is 2.38. The van der Waals surface area contributed by atoms with Crippen molar-refractivity contribution in [3.63, 3.8) is 0 Å². The lowest BCUT2D eigenvalue weighted by molar-refractivity contribution is -0.153. The van der Waals surface area contributed by atoms with Gasteiger partial charge in [0, 0.05) is 30.6 Å². The molecule has 2 heterocycles. The fourth-order valence-corrected chi connectivity index (χ4v) is 5.32. The topological polar surface area (TPSA) is 139 Å². The van der Waals surface area contributed by atoms with Gasteiger partial charge in [-0.15, -0.1) is 0 Å². The summed E-state index contributed by atoms with van der Waals surface area (Å²) < 4.78 is 17.8. The molecule has 11 heteroatoms. The summed E-state index contributed by atoms with van der Waals surface area (Å²) >= 11 is 0. The van der Waals surface area contributed by atoms with E-state index in [0.717, 1.165) is 31.1 Å². The van der Waals surface area contributed by atoms with Gasteiger partial charge < -0.3 is 30.0 Å². The van der Waals surface area contributed by atoms with Gasteiger partial charge >= 0.3 is 6.09 Å². The van der Waals surface area contributed by atoms with Crippen molar-refractivity contribution >= 4 is 28.7 Å². The third-order valence-corrected chi connectivity index (χ3v) is 7.75. The average Bonchev–Trinajstić information content (AvgIpc) is 3.87. The lowest BCUT2D eigenvalue weighted by Gasteiger charge is -2.38. The highest BCUT2D eigenvalue weighted by molar-refractivity contribution is 5.92. The zero-order valence-corrected chi connectivity index (χ0v) is 24.9. The Hall–Kier alpha value is -3.60. The van der Waals surface area contributed by atoms with Crippen LogP contribution < -0.4 is 20.1 Å². The van der Waals surface area contributed by atoms with E-state index in [9.17, 15) is 19.5 Å². The molecule has 2 aliphatic carbocycles. The Labute approximate surface area is 246 Å². The lowest BCUT2D eigenvalue weighted by Crippen LogP contribution is -2.64. The molecule has 0 bridgehead atoms. The fraction of sp³-hybridized carbons (Fsp3) is 0.613. The molecule has 1 aromatic carbocycles. The number of amides is 3. The van der Waals surface area contributed by atoms with E-state index in [-0.39, 0.29) is 24.9 Å². The summed E-state index contributed by atoms with van der Waals surface area (Å²) in [5.74, 6) is 0.0358. The van der Waals surface area contributed by atoms with Gasteiger partial charge in [0.1, 0.15) is 11.4 Å². The molecule has 2 aromatic rings. The molecule has 228 valence electrons. The van der Waals surface area contributed by atoms with Gasteiger partial charge in [-0.25, -0.2) is 9.78 Å². The highest BCUT2D eigenvalue weighted by atomic mass is 16.6. The fourth-order valence-electron chi connectivity index (χ4n) is 5.32. The summed E-state index contributed by atoms with van der Waals surface area (Å²) in [7, 11) is 0. The molecule has 2 saturated carbocycles. The van der Waals surface area contributed by atoms with Gasteiger partial charge in [0.25, 0.3) is 17.5 Å². The third kappa shape index (κ3) is 6.88. The number of likely N-dealkylation sites (tertiary alicyclic amines) is 1. The summed E-state index contributed by atoms with van der Waals surface area (Å²) in [6.45, 7) is 7.91. The van der Waals surface area contributed by atoms with Crippen molar-refractivity contribution in [1.82, 2.24) is 20.5 Å². The lowest BCUT2D eigenvalue weighted by atomic mass is 10.0. The number of nitrogens with zero attached hydrogens (tertiary/aromatic N) is 2. The largest absolute Gasteiger partial charge is 0.494 e. The number of hydrogen-bond acceptors (Lipinski definition) is 8. The van der Waals surface area contributed by atoms with Gasteiger partial charge in [-0.05, 0) is 88.9 Å². The van der Waals surface area contributed by atoms with Crippen LogP contribution in [0.2, 0.25) is 0 Å². The van der Waals surface area contributed by atoms with Crippen molar-refractivity contribution in [3.05, 3.63) is 30.5 Å². The van der Waals surface area contributed by atoms with E-state index in [1.165, 1.54) is 4.90 Å². The summed E-state index contributed by atoms with van der Waals surface area (Å²) in [5, 5.41) is 18.2. The second-order valence-electron chi connectivity index (χ2n) is 12.5. The monoisotopic (exact) mass is 582 g/mol. The summed E-state index contributed by atoms with van der Waals surface area (Å²) in [6.07, 6.45) is 4.24. The zero-order chi connectivity index (χ0) is 30.1. The summed E-state index contributed by atoms with van der Waals surface area (Å²) in [4.78, 5) is 46.4. The van der Waals surface area contributed by atoms with Crippen LogP contribution in [0.3, 0.4) is 0 Å². The minimum absolute atomic E-state index is 0.0669. The molecule has 3 fully saturated rings. The molecular formula is C31H42N4O7. The molecule has 1 aliphatic heterocycles. The van der Waals surface area contributed by atoms with Crippen LogP contribution in [0, 0.1) is 5.92 Å². The van der Waals surface area contributed by atoms with E-state index in [0.29, 0.717) is 36.5 Å². The van der Waals surface area contributed by atoms with Crippen LogP contribution in [0.5, 0.6) is 11.6 Å². The van der Waals surface area contributed by atoms with Gasteiger partial charge in [0.05, 0.1) is 12.6 Å². The molecular weight excluding hydrogens is 540 g/mol. The van der Waals surface area contributed by atoms with Gasteiger partial charge in [0.2, 0.25) is 5.88 Å². The van der Waals surface area contributed by atoms with Crippen molar-refractivity contribution < 1.29 is 33.7 Å². The van der Waals surface area contributed by atoms with Gasteiger partial charge in [-0.2, -0.15) is 0 Å². The molecule has 3 aliphatic rings. The number of carbonyl (C=O) groups excluding carboxylic acids is 3. The van der Waals surface area contributed by atoms with Crippen LogP contribution in [-0.4, -0.2) is 75.6 Å². The number of aliphatic hydroxyl groups is 1. The van der Waals surface area contributed by atoms with Crippen molar-refractivity contribution in [2.24, 2.45) is 5.92 Å². The van der Waals surface area contributed by atoms with Crippen molar-refractivity contribution in [1.29, 1.82) is 0 Å². The van der Waals surface area contributed by atoms with Crippen molar-refractivity contribution in [3.8, 4) is 11.6 Å². The summed E-state index contributed by atoms with van der Waals surface area (Å²) in [5.41, 5.74) is -2.61. The predicted molar refractivity (Wildman–Crippen MR) is 155 cm³/mol. The van der Waals surface area contributed by atoms with Gasteiger partial charge in [-0.1, -0.05) is 12.8 Å². The molecule has 3 amide bonds. The number of hydrogen-bond donors (Lipinski definition) is 3. The van der Waals surface area contributed by atoms with E-state index >= 15 is 0 Å². The number of ether oxygens (including phenoxy) is 3. The van der Waals surface area contributed by atoms with E-state index in [1.807, 2.05) is 25.1 Å². The first kappa shape index (κ1) is 29.9. The smallest absolute Gasteiger partial charge is 0.413 e. The number of pyridine rings is 1. The van der Waals surface area contributed by atoms with Crippen molar-refractivity contribution in [2.75, 3.05) is 13.2 Å². The third-order valence-electron chi connectivity index (χ3n) is 7.75. The normalized spacial score (nSPS) is 21.9. The molecule has 1 unspecified atom stereocenters. The number of rotatable bonds is 11. The number of fused-ring (bicyclic) bond motifs is 1. The average molecular weight is 583 g/mol. The number of aliphatic hydroxyl groups excluding tert-OH is 1. The van der Waals surface area contributed by atoms with Crippen LogP contribution in [0.4, 0.5) is 4.79 Å². The van der Waals surface area contributed by atoms with E-state index in [2.05, 4.69) is 15.6 Å². The zero-order valence-electron chi connectivity index (χ0n) is 24.9. The predicted octanol–water partition coefficient (Wildman–Crippen LogP) is 3.66. The first-order valence-corrected chi connectivity index (χ1v) is 15.0. The SMILES string of the molecule is CCOc1ccc2c(O[C@]3(C(=O)N[C@@H](CC4CC4)C(O)C(=O)NC4CC4)CCCN3C(=O)OC(C)(C)C)nccc2c1. The van der Waals surface area contributed by atoms with E-state index in [1.54, 1.807) is 33.0 Å². The number of nitrogens with one attached hydrogen (secondary N) is 2. The van der Waals surface area contributed by atoms with Crippen LogP contribution in [0.15, 0.2) is 30.5 Å². The number of aromatic nitrogens is 1. The van der Waals surface area contributed by atoms with Crippen molar-refractivity contribution in [2.45, 2.75) is 102 Å². The molecule has 11 nitrogen and oxygen atoms in total. The minimum atomic E-state index is -1.81. The molecule has 5 rings (SSSR count). The quantitative estimate of drug-likeness (QED) is 0.365. The van der Waals surface area contributed by atoms with Crippen LogP contribution >= 0.6 is 0 Å². The summed E-state index contributed by atoms with van der Waals surface area (Å²) in [6, 6.07) is 6.51. The minimum Gasteiger partial charge on any atom is -0.494 e. The van der Waals surface area contributed by atoms with Crippen LogP contribution in [-0.2, 0) is 14.3 Å². The number of carbonyl (C=O) groups is 3. The standard InChI is InChI=1S/C31H42N4O7/c1-5-40-22-11-12-23-20(18-22)13-15-32-27(23)41-31(14-6-16-35(31)29(39)42-30(2,3)4)28(38)34-24(17-19-7-8-19)25(36)26(37)33-21-9-10-21/h11-13,15,18-19,21,24-25,36H,5-10,14,16-17H2,1-4H3,(H,33,37)(H,34,38)/t24-,25?,31-/m0/s1. The van der Waals surface area contributed by atoms with E-state index in [4.69, 9.17) is 14.2 Å².